The largest absolute Gasteiger partial charge is 0.465 e. The van der Waals surface area contributed by atoms with Crippen molar-refractivity contribution < 1.29 is 14.3 Å². The molecule has 0 spiro atoms. The van der Waals surface area contributed by atoms with Crippen LogP contribution in [0.5, 0.6) is 0 Å². The lowest BCUT2D eigenvalue weighted by Crippen LogP contribution is -2.43. The lowest BCUT2D eigenvalue weighted by Gasteiger charge is -2.21. The molecule has 1 aromatic rings. The first-order chi connectivity index (χ1) is 9.67. The van der Waals surface area contributed by atoms with Crippen molar-refractivity contribution in [2.24, 2.45) is 0 Å². The van der Waals surface area contributed by atoms with Crippen LogP contribution in [0.3, 0.4) is 0 Å². The van der Waals surface area contributed by atoms with Crippen molar-refractivity contribution in [2.45, 2.75) is 26.8 Å². The third kappa shape index (κ3) is 5.73. The second-order valence-corrected chi connectivity index (χ2v) is 4.37. The minimum absolute atomic E-state index is 0.0116. The Morgan fingerprint density at radius 1 is 1.20 bits per heavy atom. The summed E-state index contributed by atoms with van der Waals surface area (Å²) in [5.74, 6) is -0.379. The van der Waals surface area contributed by atoms with Gasteiger partial charge in [-0.1, -0.05) is 37.3 Å². The number of carbonyl (C=O) groups is 2. The van der Waals surface area contributed by atoms with Crippen LogP contribution < -0.4 is 5.32 Å². The molecule has 1 aromatic carbocycles. The van der Waals surface area contributed by atoms with Crippen LogP contribution in [0.4, 0.5) is 4.79 Å². The van der Waals surface area contributed by atoms with Crippen molar-refractivity contribution in [2.75, 3.05) is 19.7 Å². The molecule has 1 N–H and O–H groups in total. The fourth-order valence-electron chi connectivity index (χ4n) is 1.77. The molecule has 5 heteroatoms. The highest BCUT2D eigenvalue weighted by atomic mass is 16.5. The summed E-state index contributed by atoms with van der Waals surface area (Å²) in [6.45, 7) is 5.00. The number of rotatable bonds is 7. The number of nitrogens with zero attached hydrogens (tertiary/aromatic N) is 1. The Hall–Kier alpha value is -2.04. The van der Waals surface area contributed by atoms with Gasteiger partial charge in [-0.25, -0.2) is 4.79 Å². The van der Waals surface area contributed by atoms with Crippen LogP contribution in [0.2, 0.25) is 0 Å². The van der Waals surface area contributed by atoms with Gasteiger partial charge in [0.2, 0.25) is 0 Å². The molecule has 5 nitrogen and oxygen atoms in total. The van der Waals surface area contributed by atoms with Crippen LogP contribution in [0.1, 0.15) is 25.8 Å². The summed E-state index contributed by atoms with van der Waals surface area (Å²) in [6, 6.07) is 9.40. The van der Waals surface area contributed by atoms with Gasteiger partial charge in [0.1, 0.15) is 6.54 Å². The second-order valence-electron chi connectivity index (χ2n) is 4.37. The van der Waals surface area contributed by atoms with E-state index in [0.717, 1.165) is 12.0 Å². The summed E-state index contributed by atoms with van der Waals surface area (Å²) in [4.78, 5) is 25.0. The smallest absolute Gasteiger partial charge is 0.325 e. The molecule has 20 heavy (non-hydrogen) atoms. The van der Waals surface area contributed by atoms with E-state index in [1.54, 1.807) is 6.92 Å². The molecule has 0 saturated heterocycles. The number of esters is 1. The standard InChI is InChI=1S/C15H22N2O3/c1-3-10-17(12-14(18)20-4-2)15(19)16-11-13-8-6-5-7-9-13/h5-9H,3-4,10-12H2,1-2H3,(H,16,19). The average Bonchev–Trinajstić information content (AvgIpc) is 2.45. The molecule has 0 bridgehead atoms. The fourth-order valence-corrected chi connectivity index (χ4v) is 1.77. The monoisotopic (exact) mass is 278 g/mol. The van der Waals surface area contributed by atoms with E-state index in [9.17, 15) is 9.59 Å². The molecule has 0 atom stereocenters. The maximum absolute atomic E-state index is 12.1. The molecule has 2 amide bonds. The highest BCUT2D eigenvalue weighted by Gasteiger charge is 2.16. The lowest BCUT2D eigenvalue weighted by molar-refractivity contribution is -0.143. The zero-order valence-corrected chi connectivity index (χ0v) is 12.1. The fraction of sp³-hybridized carbons (Fsp3) is 0.467. The van der Waals surface area contributed by atoms with Crippen LogP contribution in [0, 0.1) is 0 Å². The predicted octanol–water partition coefficient (Wildman–Crippen LogP) is 2.17. The molecule has 0 unspecified atom stereocenters. The van der Waals surface area contributed by atoms with Crippen molar-refractivity contribution in [3.63, 3.8) is 0 Å². The number of amides is 2. The summed E-state index contributed by atoms with van der Waals surface area (Å²) in [5.41, 5.74) is 1.02. The maximum atomic E-state index is 12.1. The van der Waals surface area contributed by atoms with E-state index < -0.39 is 0 Å². The van der Waals surface area contributed by atoms with Gasteiger partial charge in [-0.15, -0.1) is 0 Å². The normalized spacial score (nSPS) is 9.90. The molecule has 1 rings (SSSR count). The van der Waals surface area contributed by atoms with Crippen LogP contribution in [-0.4, -0.2) is 36.6 Å². The van der Waals surface area contributed by atoms with Gasteiger partial charge >= 0.3 is 12.0 Å². The third-order valence-corrected chi connectivity index (χ3v) is 2.69. The van der Waals surface area contributed by atoms with Gasteiger partial charge in [0, 0.05) is 13.1 Å². The van der Waals surface area contributed by atoms with Crippen LogP contribution in [-0.2, 0) is 16.1 Å². The van der Waals surface area contributed by atoms with Gasteiger partial charge in [-0.3, -0.25) is 4.79 Å². The molecule has 0 aromatic heterocycles. The second kappa shape index (κ2) is 8.96. The zero-order valence-electron chi connectivity index (χ0n) is 12.1. The Morgan fingerprint density at radius 3 is 2.50 bits per heavy atom. The number of hydrogen-bond acceptors (Lipinski definition) is 3. The Labute approximate surface area is 119 Å². The first-order valence-corrected chi connectivity index (χ1v) is 6.89. The van der Waals surface area contributed by atoms with E-state index in [2.05, 4.69) is 5.32 Å². The SMILES string of the molecule is CCCN(CC(=O)OCC)C(=O)NCc1ccccc1. The Balaban J connectivity index is 2.49. The van der Waals surface area contributed by atoms with E-state index in [-0.39, 0.29) is 18.5 Å². The minimum atomic E-state index is -0.379. The average molecular weight is 278 g/mol. The molecular formula is C15H22N2O3. The van der Waals surface area contributed by atoms with Crippen molar-refractivity contribution in [3.05, 3.63) is 35.9 Å². The van der Waals surface area contributed by atoms with Gasteiger partial charge in [0.15, 0.2) is 0 Å². The highest BCUT2D eigenvalue weighted by molar-refractivity contribution is 5.80. The highest BCUT2D eigenvalue weighted by Crippen LogP contribution is 1.99. The van der Waals surface area contributed by atoms with E-state index in [1.807, 2.05) is 37.3 Å². The molecule has 0 aliphatic carbocycles. The lowest BCUT2D eigenvalue weighted by atomic mass is 10.2. The van der Waals surface area contributed by atoms with E-state index in [1.165, 1.54) is 4.90 Å². The maximum Gasteiger partial charge on any atom is 0.325 e. The molecule has 0 fully saturated rings. The number of urea groups is 1. The first-order valence-electron chi connectivity index (χ1n) is 6.89. The molecule has 110 valence electrons. The Morgan fingerprint density at radius 2 is 1.90 bits per heavy atom. The van der Waals surface area contributed by atoms with Crippen LogP contribution in [0.25, 0.3) is 0 Å². The predicted molar refractivity (Wildman–Crippen MR) is 77.2 cm³/mol. The van der Waals surface area contributed by atoms with Gasteiger partial charge in [0.05, 0.1) is 6.61 Å². The molecule has 0 aliphatic rings. The third-order valence-electron chi connectivity index (χ3n) is 2.69. The number of nitrogens with one attached hydrogen (secondary N) is 1. The van der Waals surface area contributed by atoms with Gasteiger partial charge < -0.3 is 15.0 Å². The Kier molecular flexibility index (Phi) is 7.17. The summed E-state index contributed by atoms with van der Waals surface area (Å²) >= 11 is 0. The molecule has 0 aliphatic heterocycles. The van der Waals surface area contributed by atoms with Gasteiger partial charge in [-0.2, -0.15) is 0 Å². The van der Waals surface area contributed by atoms with Crippen molar-refractivity contribution in [3.8, 4) is 0 Å². The van der Waals surface area contributed by atoms with Crippen molar-refractivity contribution in [1.82, 2.24) is 10.2 Å². The van der Waals surface area contributed by atoms with Gasteiger partial charge in [-0.05, 0) is 18.9 Å². The Bertz CT molecular complexity index is 420. The van der Waals surface area contributed by atoms with E-state index in [4.69, 9.17) is 4.74 Å². The summed E-state index contributed by atoms with van der Waals surface area (Å²) < 4.78 is 4.87. The molecular weight excluding hydrogens is 256 g/mol. The number of ether oxygens (including phenoxy) is 1. The molecule has 0 heterocycles. The van der Waals surface area contributed by atoms with Crippen molar-refractivity contribution >= 4 is 12.0 Å². The topological polar surface area (TPSA) is 58.6 Å². The number of carbonyl (C=O) groups excluding carboxylic acids is 2. The number of benzene rings is 1. The minimum Gasteiger partial charge on any atom is -0.465 e. The summed E-state index contributed by atoms with van der Waals surface area (Å²) in [6.07, 6.45) is 0.790. The van der Waals surface area contributed by atoms with E-state index >= 15 is 0 Å². The zero-order chi connectivity index (χ0) is 14.8. The molecule has 0 radical (unpaired) electrons. The van der Waals surface area contributed by atoms with Crippen LogP contribution >= 0.6 is 0 Å². The van der Waals surface area contributed by atoms with Crippen molar-refractivity contribution in [1.29, 1.82) is 0 Å². The van der Waals surface area contributed by atoms with E-state index in [0.29, 0.717) is 19.7 Å². The molecule has 0 saturated carbocycles. The quantitative estimate of drug-likeness (QED) is 0.778. The van der Waals surface area contributed by atoms with Crippen LogP contribution in [0.15, 0.2) is 30.3 Å². The summed E-state index contributed by atoms with van der Waals surface area (Å²) in [7, 11) is 0. The summed E-state index contributed by atoms with van der Waals surface area (Å²) in [5, 5.41) is 2.81. The first kappa shape index (κ1) is 16.0. The van der Waals surface area contributed by atoms with Gasteiger partial charge in [0.25, 0.3) is 0 Å². The number of hydrogen-bond donors (Lipinski definition) is 1.